The highest BCUT2D eigenvalue weighted by atomic mass is 79.9. The van der Waals surface area contributed by atoms with Crippen LogP contribution in [0.2, 0.25) is 0 Å². The van der Waals surface area contributed by atoms with Crippen LogP contribution in [-0.2, 0) is 0 Å². The maximum Gasteiger partial charge on any atom is 0.0148 e. The summed E-state index contributed by atoms with van der Waals surface area (Å²) in [5.74, 6) is 0.931. The van der Waals surface area contributed by atoms with Crippen molar-refractivity contribution in [3.05, 3.63) is 0 Å². The number of hydrogen-bond acceptors (Lipinski definition) is 0. The molecule has 0 aromatic heterocycles. The summed E-state index contributed by atoms with van der Waals surface area (Å²) in [6.45, 7) is 7.09. The van der Waals surface area contributed by atoms with Crippen molar-refractivity contribution < 1.29 is 0 Å². The van der Waals surface area contributed by atoms with Crippen LogP contribution in [0.1, 0.15) is 46.5 Å². The van der Waals surface area contributed by atoms with Gasteiger partial charge in [-0.25, -0.2) is 0 Å². The highest BCUT2D eigenvalue weighted by molar-refractivity contribution is 9.09. The van der Waals surface area contributed by atoms with E-state index in [2.05, 4.69) is 36.7 Å². The van der Waals surface area contributed by atoms with Crippen LogP contribution in [0, 0.1) is 11.3 Å². The van der Waals surface area contributed by atoms with Crippen molar-refractivity contribution in [1.82, 2.24) is 0 Å². The topological polar surface area (TPSA) is 0 Å². The van der Waals surface area contributed by atoms with E-state index in [-0.39, 0.29) is 0 Å². The zero-order valence-electron chi connectivity index (χ0n) is 7.86. The first kappa shape index (κ1) is 9.57. The van der Waals surface area contributed by atoms with Gasteiger partial charge in [0, 0.05) is 4.83 Å². The van der Waals surface area contributed by atoms with Crippen molar-refractivity contribution >= 4 is 15.9 Å². The molecule has 0 bridgehead atoms. The Balaban J connectivity index is 2.46. The van der Waals surface area contributed by atoms with E-state index in [0.717, 1.165) is 10.7 Å². The molecule has 1 aliphatic carbocycles. The van der Waals surface area contributed by atoms with Crippen LogP contribution in [-0.4, -0.2) is 4.83 Å². The Morgan fingerprint density at radius 3 is 2.18 bits per heavy atom. The van der Waals surface area contributed by atoms with Crippen LogP contribution in [0.4, 0.5) is 0 Å². The van der Waals surface area contributed by atoms with E-state index in [4.69, 9.17) is 0 Å². The zero-order chi connectivity index (χ0) is 8.48. The summed E-state index contributed by atoms with van der Waals surface area (Å²) in [5.41, 5.74) is 0.520. The number of halogens is 1. The Kier molecular flexibility index (Phi) is 3.02. The maximum absolute atomic E-state index is 3.72. The van der Waals surface area contributed by atoms with E-state index in [1.54, 1.807) is 0 Å². The number of alkyl halides is 1. The van der Waals surface area contributed by atoms with E-state index in [1.165, 1.54) is 25.7 Å². The van der Waals surface area contributed by atoms with Gasteiger partial charge in [-0.05, 0) is 30.6 Å². The summed E-state index contributed by atoms with van der Waals surface area (Å²) in [6, 6.07) is 0. The van der Waals surface area contributed by atoms with Crippen molar-refractivity contribution in [3.8, 4) is 0 Å². The van der Waals surface area contributed by atoms with Crippen LogP contribution < -0.4 is 0 Å². The lowest BCUT2D eigenvalue weighted by atomic mass is 9.72. The largest absolute Gasteiger partial charge is 0.0891 e. The minimum absolute atomic E-state index is 0.520. The van der Waals surface area contributed by atoms with E-state index >= 15 is 0 Å². The van der Waals surface area contributed by atoms with Gasteiger partial charge in [-0.3, -0.25) is 0 Å². The summed E-state index contributed by atoms with van der Waals surface area (Å²) in [5, 5.41) is 0. The normalized spacial score (nSPS) is 33.8. The van der Waals surface area contributed by atoms with E-state index in [0.29, 0.717) is 5.41 Å². The van der Waals surface area contributed by atoms with Gasteiger partial charge in [-0.1, -0.05) is 43.1 Å². The smallest absolute Gasteiger partial charge is 0.0148 e. The molecule has 0 nitrogen and oxygen atoms in total. The molecule has 0 amide bonds. The first-order chi connectivity index (χ1) is 5.00. The van der Waals surface area contributed by atoms with Gasteiger partial charge in [0.05, 0.1) is 0 Å². The lowest BCUT2D eigenvalue weighted by molar-refractivity contribution is 0.184. The fourth-order valence-corrected chi connectivity index (χ4v) is 2.69. The van der Waals surface area contributed by atoms with Gasteiger partial charge in [0.15, 0.2) is 0 Å². The van der Waals surface area contributed by atoms with Gasteiger partial charge < -0.3 is 0 Å². The number of rotatable bonds is 0. The average molecular weight is 219 g/mol. The second-order valence-corrected chi connectivity index (χ2v) is 6.12. The van der Waals surface area contributed by atoms with Gasteiger partial charge in [0.1, 0.15) is 0 Å². The molecule has 11 heavy (non-hydrogen) atoms. The van der Waals surface area contributed by atoms with E-state index < -0.39 is 0 Å². The highest BCUT2D eigenvalue weighted by Crippen LogP contribution is 2.39. The first-order valence-electron chi connectivity index (χ1n) is 4.64. The quantitative estimate of drug-likeness (QED) is 0.540. The van der Waals surface area contributed by atoms with Crippen LogP contribution in [0.15, 0.2) is 0 Å². The molecule has 1 fully saturated rings. The highest BCUT2D eigenvalue weighted by Gasteiger charge is 2.29. The van der Waals surface area contributed by atoms with Gasteiger partial charge in [0.25, 0.3) is 0 Å². The second-order valence-electron chi connectivity index (χ2n) is 4.83. The Hall–Kier alpha value is 0.480. The minimum atomic E-state index is 0.520. The van der Waals surface area contributed by atoms with Crippen LogP contribution in [0.5, 0.6) is 0 Å². The Morgan fingerprint density at radius 2 is 1.82 bits per heavy atom. The van der Waals surface area contributed by atoms with Crippen molar-refractivity contribution in [3.63, 3.8) is 0 Å². The van der Waals surface area contributed by atoms with E-state index in [9.17, 15) is 0 Å². The van der Waals surface area contributed by atoms with E-state index in [1.807, 2.05) is 0 Å². The van der Waals surface area contributed by atoms with Gasteiger partial charge in [-0.2, -0.15) is 0 Å². The molecular weight excluding hydrogens is 200 g/mol. The standard InChI is InChI=1S/C10H19Br/c1-10(2,3)8-5-4-6-9(11)7-8/h8-9H,4-7H2,1-3H3. The zero-order valence-corrected chi connectivity index (χ0v) is 9.45. The van der Waals surface area contributed by atoms with Crippen molar-refractivity contribution in [2.24, 2.45) is 11.3 Å². The van der Waals surface area contributed by atoms with Crippen LogP contribution in [0.3, 0.4) is 0 Å². The summed E-state index contributed by atoms with van der Waals surface area (Å²) < 4.78 is 0. The second kappa shape index (κ2) is 3.47. The molecule has 0 N–H and O–H groups in total. The molecule has 0 radical (unpaired) electrons. The van der Waals surface area contributed by atoms with Crippen LogP contribution >= 0.6 is 15.9 Å². The van der Waals surface area contributed by atoms with Gasteiger partial charge in [0.2, 0.25) is 0 Å². The molecule has 0 aliphatic heterocycles. The molecule has 0 aromatic carbocycles. The van der Waals surface area contributed by atoms with Gasteiger partial charge in [-0.15, -0.1) is 0 Å². The summed E-state index contributed by atoms with van der Waals surface area (Å²) in [7, 11) is 0. The Labute approximate surface area is 78.9 Å². The minimum Gasteiger partial charge on any atom is -0.0891 e. The summed E-state index contributed by atoms with van der Waals surface area (Å²) in [4.78, 5) is 0.792. The summed E-state index contributed by atoms with van der Waals surface area (Å²) in [6.07, 6.45) is 5.61. The molecule has 0 heterocycles. The molecule has 2 atom stereocenters. The van der Waals surface area contributed by atoms with Crippen molar-refractivity contribution in [2.75, 3.05) is 0 Å². The average Bonchev–Trinajstić information content (AvgIpc) is 1.86. The molecule has 0 saturated heterocycles. The molecular formula is C10H19Br. The molecule has 1 saturated carbocycles. The fraction of sp³-hybridized carbons (Fsp3) is 1.00. The summed E-state index contributed by atoms with van der Waals surface area (Å²) >= 11 is 3.72. The predicted molar refractivity (Wildman–Crippen MR) is 54.1 cm³/mol. The SMILES string of the molecule is CC(C)(C)C1CCCC(Br)C1. The molecule has 0 spiro atoms. The molecule has 0 aromatic rings. The molecule has 2 unspecified atom stereocenters. The van der Waals surface area contributed by atoms with Gasteiger partial charge >= 0.3 is 0 Å². The molecule has 66 valence electrons. The predicted octanol–water partition coefficient (Wildman–Crippen LogP) is 3.99. The monoisotopic (exact) mass is 218 g/mol. The third kappa shape index (κ3) is 2.77. The Bertz CT molecular complexity index is 123. The number of hydrogen-bond donors (Lipinski definition) is 0. The molecule has 1 heteroatoms. The lowest BCUT2D eigenvalue weighted by Gasteiger charge is -2.35. The lowest BCUT2D eigenvalue weighted by Crippen LogP contribution is -2.26. The first-order valence-corrected chi connectivity index (χ1v) is 5.56. The Morgan fingerprint density at radius 1 is 1.18 bits per heavy atom. The molecule has 1 rings (SSSR count). The van der Waals surface area contributed by atoms with Crippen LogP contribution in [0.25, 0.3) is 0 Å². The third-order valence-corrected chi connectivity index (χ3v) is 3.67. The maximum atomic E-state index is 3.72. The van der Waals surface area contributed by atoms with Crippen molar-refractivity contribution in [2.45, 2.75) is 51.3 Å². The third-order valence-electron chi connectivity index (χ3n) is 2.83. The fourth-order valence-electron chi connectivity index (χ4n) is 1.92. The van der Waals surface area contributed by atoms with Crippen molar-refractivity contribution in [1.29, 1.82) is 0 Å². The molecule has 1 aliphatic rings.